The monoisotopic (exact) mass is 1290 g/mol. The maximum Gasteiger partial charge on any atom is 0.416 e. The zero-order valence-electron chi connectivity index (χ0n) is 49.4. The van der Waals surface area contributed by atoms with Gasteiger partial charge in [-0.25, -0.2) is 4.79 Å². The summed E-state index contributed by atoms with van der Waals surface area (Å²) < 4.78 is 133. The van der Waals surface area contributed by atoms with Gasteiger partial charge in [0.2, 0.25) is 11.8 Å². The van der Waals surface area contributed by atoms with Crippen LogP contribution >= 0.6 is 11.6 Å². The number of aliphatic hydroxyl groups is 1. The van der Waals surface area contributed by atoms with Crippen molar-refractivity contribution in [1.82, 2.24) is 10.6 Å². The second-order valence-corrected chi connectivity index (χ2v) is 19.9. The number of methoxy groups -OCH3 is 2. The number of amides is 2. The average molecular weight is 1290 g/mol. The van der Waals surface area contributed by atoms with Crippen molar-refractivity contribution < 1.29 is 112 Å². The van der Waals surface area contributed by atoms with E-state index in [0.717, 1.165) is 68.2 Å². The number of carboxylic acids is 1. The van der Waals surface area contributed by atoms with E-state index in [1.54, 1.807) is 20.8 Å². The van der Waals surface area contributed by atoms with Gasteiger partial charge in [-0.2, -0.15) is 39.5 Å². The highest BCUT2D eigenvalue weighted by Crippen LogP contribution is 2.31. The molecule has 8 N–H and O–H groups in total. The molecule has 2 amide bonds. The summed E-state index contributed by atoms with van der Waals surface area (Å²) in [7, 11) is 2.64. The van der Waals surface area contributed by atoms with Crippen LogP contribution in [-0.4, -0.2) is 103 Å². The van der Waals surface area contributed by atoms with E-state index >= 15 is 0 Å². The van der Waals surface area contributed by atoms with Crippen LogP contribution in [0.4, 0.5) is 44.3 Å². The van der Waals surface area contributed by atoms with E-state index in [9.17, 15) is 83.0 Å². The number of rotatable bonds is 28. The van der Waals surface area contributed by atoms with Crippen LogP contribution in [0.5, 0.6) is 0 Å². The summed E-state index contributed by atoms with van der Waals surface area (Å²) in [5.74, 6) is -4.89. The second kappa shape index (κ2) is 44.0. The van der Waals surface area contributed by atoms with Gasteiger partial charge >= 0.3 is 53.8 Å². The number of benzene rings is 3. The summed E-state index contributed by atoms with van der Waals surface area (Å²) >= 11 is 4.89. The summed E-state index contributed by atoms with van der Waals surface area (Å²) in [6.45, 7) is 12.9. The van der Waals surface area contributed by atoms with Gasteiger partial charge in [-0.15, -0.1) is 0 Å². The fourth-order valence-electron chi connectivity index (χ4n) is 6.69. The molecule has 0 aliphatic heterocycles. The number of carbonyl (C=O) groups excluding carboxylic acids is 7. The van der Waals surface area contributed by atoms with E-state index in [2.05, 4.69) is 33.3 Å². The number of nitrogens with two attached hydrogens (primary N) is 2. The van der Waals surface area contributed by atoms with Gasteiger partial charge in [0.05, 0.1) is 62.2 Å². The van der Waals surface area contributed by atoms with Crippen molar-refractivity contribution in [3.63, 3.8) is 0 Å². The number of carbonyl (C=O) groups is 8. The molecule has 3 aromatic carbocycles. The first-order valence-corrected chi connectivity index (χ1v) is 27.3. The number of esters is 4. The summed E-state index contributed by atoms with van der Waals surface area (Å²) in [5, 5.41) is 22.9. The maximum atomic E-state index is 12.5. The molecule has 0 saturated carbocycles. The molecule has 0 aliphatic carbocycles. The standard InChI is InChI=1S/C19H22F3NO5.C13H25NO4.C10H18N2O3.C9H6ClF3O2.C8H7F3O/c1-2-16(24)23-10-4-3-5-14(18(26)27)11-17(25)28-12-13-6-8-15(9-7-13)19(20,21)22;1-13(2,3)18-11(15)9-10(12(16)17-4)7-5-6-8-14;1-3-9(13)12-7-5-4-6-8(11)10(14)15-2;10-8(14)15-5-6-1-3-7(4-2-6)9(11,12)13;9-8(10,11)7-3-1-6(5-12)2-4-7/h2,6-9,14H,1,3-5,10-12H2,(H,23,24)(H,26,27);10H,5-9,14H2,1-4H3;3,8H,1,4-7,11H2,2H3,(H,12,13);1-4H,5H2;1-4,12H,5H2/t14-;10-;8-;;/m110../s1. The minimum absolute atomic E-state index is 0.0640. The molecule has 29 heteroatoms. The minimum atomic E-state index is -4.45. The lowest BCUT2D eigenvalue weighted by atomic mass is 9.98. The minimum Gasteiger partial charge on any atom is -0.481 e. The fraction of sp³-hybridized carbons (Fsp3) is 0.492. The predicted octanol–water partition coefficient (Wildman–Crippen LogP) is 10.7. The highest BCUT2D eigenvalue weighted by Gasteiger charge is 2.32. The highest BCUT2D eigenvalue weighted by molar-refractivity contribution is 6.61. The third kappa shape index (κ3) is 41.5. The van der Waals surface area contributed by atoms with Crippen molar-refractivity contribution in [2.75, 3.05) is 33.9 Å². The molecule has 0 aliphatic rings. The Bertz CT molecular complexity index is 2580. The van der Waals surface area contributed by atoms with Crippen LogP contribution < -0.4 is 22.1 Å². The summed E-state index contributed by atoms with van der Waals surface area (Å²) in [4.78, 5) is 89.1. The average Bonchev–Trinajstić information content (AvgIpc) is 3.65. The van der Waals surface area contributed by atoms with Crippen molar-refractivity contribution in [1.29, 1.82) is 0 Å². The molecule has 88 heavy (non-hydrogen) atoms. The van der Waals surface area contributed by atoms with Crippen molar-refractivity contribution in [3.8, 4) is 0 Å². The Morgan fingerprint density at radius 1 is 0.568 bits per heavy atom. The third-order valence-corrected chi connectivity index (χ3v) is 11.4. The quantitative estimate of drug-likeness (QED) is 0.00983. The Morgan fingerprint density at radius 2 is 0.943 bits per heavy atom. The first-order chi connectivity index (χ1) is 41.0. The SMILES string of the molecule is C=CC(=O)NCCCC[C@H](CC(=O)OCc1ccc(C(F)(F)F)cc1)C(=O)O.C=CC(=O)NCCCC[C@H](N)C(=O)OC.COC(=O)[C@H](CCCCN)CC(=O)OC(C)(C)C.O=C(Cl)OCc1ccc(C(F)(F)F)cc1.OCc1ccc(C(F)(F)F)cc1. The molecular formula is C59H78ClF9N4O15. The van der Waals surface area contributed by atoms with Gasteiger partial charge in [0, 0.05) is 24.7 Å². The van der Waals surface area contributed by atoms with E-state index in [0.29, 0.717) is 62.0 Å². The molecule has 0 fully saturated rings. The topological polar surface area (TPSA) is 299 Å². The molecule has 0 spiro atoms. The van der Waals surface area contributed by atoms with Gasteiger partial charge in [0.1, 0.15) is 24.9 Å². The molecule has 0 radical (unpaired) electrons. The van der Waals surface area contributed by atoms with E-state index in [1.807, 2.05) is 0 Å². The van der Waals surface area contributed by atoms with Crippen molar-refractivity contribution in [3.05, 3.63) is 131 Å². The molecule has 0 saturated heterocycles. The number of halogens is 10. The number of carboxylic acid groups (broad SMARTS) is 1. The van der Waals surface area contributed by atoms with E-state index in [1.165, 1.54) is 56.7 Å². The Hall–Kier alpha value is -7.56. The lowest BCUT2D eigenvalue weighted by Crippen LogP contribution is -2.31. The zero-order chi connectivity index (χ0) is 67.7. The van der Waals surface area contributed by atoms with Crippen LogP contribution in [0.15, 0.2) is 98.1 Å². The first-order valence-electron chi connectivity index (χ1n) is 26.9. The molecule has 3 rings (SSSR count). The Balaban J connectivity index is 0. The van der Waals surface area contributed by atoms with Crippen LogP contribution in [0.1, 0.15) is 125 Å². The van der Waals surface area contributed by atoms with Crippen LogP contribution in [0.2, 0.25) is 0 Å². The number of hydrogen-bond donors (Lipinski definition) is 6. The van der Waals surface area contributed by atoms with Gasteiger partial charge in [-0.05, 0) is 138 Å². The van der Waals surface area contributed by atoms with E-state index in [4.69, 9.17) is 42.4 Å². The lowest BCUT2D eigenvalue weighted by Gasteiger charge is -2.21. The van der Waals surface area contributed by atoms with E-state index in [-0.39, 0.29) is 62.8 Å². The zero-order valence-corrected chi connectivity index (χ0v) is 50.1. The molecule has 494 valence electrons. The molecule has 0 bridgehead atoms. The number of aliphatic carboxylic acids is 1. The molecule has 0 heterocycles. The van der Waals surface area contributed by atoms with Crippen LogP contribution in [0.3, 0.4) is 0 Å². The van der Waals surface area contributed by atoms with Crippen LogP contribution in [0, 0.1) is 11.8 Å². The Morgan fingerprint density at radius 3 is 1.30 bits per heavy atom. The lowest BCUT2D eigenvalue weighted by molar-refractivity contribution is -0.160. The number of unbranched alkanes of at least 4 members (excludes halogenated alkanes) is 3. The predicted molar refractivity (Wildman–Crippen MR) is 305 cm³/mol. The molecule has 0 unspecified atom stereocenters. The number of nitrogens with one attached hydrogen (secondary N) is 2. The second-order valence-electron chi connectivity index (χ2n) is 19.6. The van der Waals surface area contributed by atoms with Crippen molar-refractivity contribution in [2.24, 2.45) is 23.3 Å². The summed E-state index contributed by atoms with van der Waals surface area (Å²) in [6, 6.07) is 12.3. The highest BCUT2D eigenvalue weighted by atomic mass is 35.5. The number of aliphatic hydroxyl groups excluding tert-OH is 1. The molecule has 19 nitrogen and oxygen atoms in total. The maximum absolute atomic E-state index is 12.5. The molecule has 3 atom stereocenters. The number of alkyl halides is 9. The van der Waals surface area contributed by atoms with Gasteiger partial charge in [0.15, 0.2) is 0 Å². The van der Waals surface area contributed by atoms with Gasteiger partial charge < -0.3 is 56.0 Å². The van der Waals surface area contributed by atoms with E-state index < -0.39 is 82.0 Å². The third-order valence-electron chi connectivity index (χ3n) is 11.3. The van der Waals surface area contributed by atoms with Gasteiger partial charge in [0.25, 0.3) is 0 Å². The fourth-order valence-corrected chi connectivity index (χ4v) is 6.74. The van der Waals surface area contributed by atoms with Crippen LogP contribution in [-0.2, 0) is 95.6 Å². The van der Waals surface area contributed by atoms with Crippen LogP contribution in [0.25, 0.3) is 0 Å². The van der Waals surface area contributed by atoms with Gasteiger partial charge in [-0.3, -0.25) is 33.6 Å². The van der Waals surface area contributed by atoms with Crippen molar-refractivity contribution >= 4 is 58.7 Å². The molecule has 0 aromatic heterocycles. The number of ether oxygens (including phenoxy) is 5. The summed E-state index contributed by atoms with van der Waals surface area (Å²) in [6.07, 6.45) is -5.40. The Kier molecular flexibility index (Phi) is 41.2. The molecule has 3 aromatic rings. The largest absolute Gasteiger partial charge is 0.481 e. The van der Waals surface area contributed by atoms with Gasteiger partial charge in [-0.1, -0.05) is 62.4 Å². The summed E-state index contributed by atoms with van der Waals surface area (Å²) in [5.41, 5.74) is 8.43. The Labute approximate surface area is 509 Å². The molecular weight excluding hydrogens is 1210 g/mol. The first kappa shape index (κ1) is 82.5. The number of hydrogen-bond acceptors (Lipinski definition) is 16. The smallest absolute Gasteiger partial charge is 0.416 e. The van der Waals surface area contributed by atoms with Crippen molar-refractivity contribution in [2.45, 2.75) is 141 Å². The normalized spacial score (nSPS) is 12.0.